The summed E-state index contributed by atoms with van der Waals surface area (Å²) in [7, 11) is 2.13. The zero-order valence-electron chi connectivity index (χ0n) is 9.53. The molecule has 0 amide bonds. The van der Waals surface area contributed by atoms with E-state index in [1.54, 1.807) is 0 Å². The van der Waals surface area contributed by atoms with Gasteiger partial charge in [0.2, 0.25) is 0 Å². The lowest BCUT2D eigenvalue weighted by Gasteiger charge is -2.16. The Bertz CT molecular complexity index is 320. The minimum Gasteiger partial charge on any atom is -0.311 e. The monoisotopic (exact) mass is 209 g/mol. The lowest BCUT2D eigenvalue weighted by molar-refractivity contribution is 0.323. The van der Waals surface area contributed by atoms with Gasteiger partial charge in [-0.3, -0.25) is 0 Å². The average molecular weight is 209 g/mol. The number of hydrogen-bond acceptors (Lipinski definition) is 4. The van der Waals surface area contributed by atoms with E-state index < -0.39 is 0 Å². The molecule has 5 nitrogen and oxygen atoms in total. The van der Waals surface area contributed by atoms with E-state index in [9.17, 15) is 0 Å². The summed E-state index contributed by atoms with van der Waals surface area (Å²) >= 11 is 0. The third-order valence-corrected chi connectivity index (χ3v) is 2.98. The molecule has 15 heavy (non-hydrogen) atoms. The lowest BCUT2D eigenvalue weighted by Crippen LogP contribution is -2.27. The van der Waals surface area contributed by atoms with Gasteiger partial charge in [-0.2, -0.15) is 0 Å². The Morgan fingerprint density at radius 1 is 1.53 bits per heavy atom. The number of fused-ring (bicyclic) bond motifs is 1. The molecule has 2 rings (SSSR count). The average Bonchev–Trinajstić information content (AvgIpc) is 2.69. The van der Waals surface area contributed by atoms with E-state index in [0.717, 1.165) is 44.8 Å². The highest BCUT2D eigenvalue weighted by Crippen LogP contribution is 2.09. The molecule has 0 aromatic carbocycles. The highest BCUT2D eigenvalue weighted by atomic mass is 15.4. The molecule has 0 saturated heterocycles. The molecule has 1 aromatic rings. The highest BCUT2D eigenvalue weighted by molar-refractivity contribution is 5.13. The Labute approximate surface area is 90.5 Å². The fraction of sp³-hybridized carbons (Fsp3) is 0.800. The van der Waals surface area contributed by atoms with Crippen LogP contribution in [0, 0.1) is 0 Å². The van der Waals surface area contributed by atoms with Crippen molar-refractivity contribution in [2.75, 3.05) is 26.7 Å². The molecule has 1 N–H and O–H groups in total. The summed E-state index contributed by atoms with van der Waals surface area (Å²) in [5.41, 5.74) is 2.44. The zero-order valence-corrected chi connectivity index (χ0v) is 9.53. The van der Waals surface area contributed by atoms with Crippen molar-refractivity contribution in [3.05, 3.63) is 11.4 Å². The van der Waals surface area contributed by atoms with Crippen molar-refractivity contribution in [2.24, 2.45) is 0 Å². The predicted octanol–water partition coefficient (Wildman–Crippen LogP) is -0.124. The Kier molecular flexibility index (Phi) is 3.33. The van der Waals surface area contributed by atoms with Crippen LogP contribution in [0.5, 0.6) is 0 Å². The molecule has 84 valence electrons. The van der Waals surface area contributed by atoms with E-state index in [0.29, 0.717) is 0 Å². The fourth-order valence-corrected chi connectivity index (χ4v) is 1.80. The van der Waals surface area contributed by atoms with Gasteiger partial charge in [-0.15, -0.1) is 5.10 Å². The molecule has 1 aliphatic heterocycles. The molecule has 0 fully saturated rings. The van der Waals surface area contributed by atoms with Gasteiger partial charge in [0.05, 0.1) is 17.9 Å². The van der Waals surface area contributed by atoms with E-state index in [2.05, 4.69) is 39.2 Å². The first-order chi connectivity index (χ1) is 7.31. The van der Waals surface area contributed by atoms with Crippen LogP contribution in [-0.2, 0) is 19.5 Å². The molecule has 5 heteroatoms. The molecule has 0 aliphatic carbocycles. The van der Waals surface area contributed by atoms with Gasteiger partial charge in [0, 0.05) is 26.1 Å². The third-order valence-electron chi connectivity index (χ3n) is 2.98. The smallest absolute Gasteiger partial charge is 0.0997 e. The number of likely N-dealkylation sites (N-methyl/N-ethyl adjacent to an activating group) is 1. The topological polar surface area (TPSA) is 46.0 Å². The van der Waals surface area contributed by atoms with Gasteiger partial charge < -0.3 is 10.2 Å². The van der Waals surface area contributed by atoms with E-state index in [4.69, 9.17) is 0 Å². The minimum absolute atomic E-state index is 0.874. The summed E-state index contributed by atoms with van der Waals surface area (Å²) in [5.74, 6) is 0. The van der Waals surface area contributed by atoms with E-state index >= 15 is 0 Å². The predicted molar refractivity (Wildman–Crippen MR) is 58.6 cm³/mol. The van der Waals surface area contributed by atoms with Gasteiger partial charge in [-0.1, -0.05) is 12.1 Å². The number of nitrogens with one attached hydrogen (secondary N) is 1. The zero-order chi connectivity index (χ0) is 10.7. The summed E-state index contributed by atoms with van der Waals surface area (Å²) < 4.78 is 2.06. The summed E-state index contributed by atoms with van der Waals surface area (Å²) in [5, 5.41) is 11.7. The van der Waals surface area contributed by atoms with Crippen LogP contribution in [0.4, 0.5) is 0 Å². The lowest BCUT2D eigenvalue weighted by atomic mass is 10.2. The molecule has 0 saturated carbocycles. The Balaban J connectivity index is 1.99. The number of hydrogen-bond donors (Lipinski definition) is 1. The van der Waals surface area contributed by atoms with Crippen molar-refractivity contribution in [1.82, 2.24) is 25.2 Å². The van der Waals surface area contributed by atoms with Crippen LogP contribution in [0.15, 0.2) is 0 Å². The van der Waals surface area contributed by atoms with Gasteiger partial charge in [-0.05, 0) is 13.6 Å². The Morgan fingerprint density at radius 3 is 3.20 bits per heavy atom. The molecule has 0 bridgehead atoms. The third kappa shape index (κ3) is 2.35. The summed E-state index contributed by atoms with van der Waals surface area (Å²) in [6, 6.07) is 0. The first-order valence-corrected chi connectivity index (χ1v) is 5.61. The summed E-state index contributed by atoms with van der Waals surface area (Å²) in [6.45, 7) is 7.16. The molecule has 1 aliphatic rings. The van der Waals surface area contributed by atoms with Gasteiger partial charge >= 0.3 is 0 Å². The second-order valence-electron chi connectivity index (χ2n) is 4.03. The van der Waals surface area contributed by atoms with E-state index in [1.165, 1.54) is 5.69 Å². The number of nitrogens with zero attached hydrogens (tertiary/aromatic N) is 4. The molecule has 2 heterocycles. The molecule has 0 unspecified atom stereocenters. The Hall–Kier alpha value is -0.940. The van der Waals surface area contributed by atoms with Crippen molar-refractivity contribution >= 4 is 0 Å². The summed E-state index contributed by atoms with van der Waals surface area (Å²) in [6.07, 6.45) is 1.05. The van der Waals surface area contributed by atoms with Crippen LogP contribution < -0.4 is 5.32 Å². The van der Waals surface area contributed by atoms with Crippen molar-refractivity contribution in [2.45, 2.75) is 26.4 Å². The van der Waals surface area contributed by atoms with Crippen LogP contribution in [0.3, 0.4) is 0 Å². The van der Waals surface area contributed by atoms with Crippen LogP contribution in [0.1, 0.15) is 18.3 Å². The van der Waals surface area contributed by atoms with Gasteiger partial charge in [0.25, 0.3) is 0 Å². The maximum atomic E-state index is 4.20. The largest absolute Gasteiger partial charge is 0.311 e. The van der Waals surface area contributed by atoms with Gasteiger partial charge in [0.15, 0.2) is 0 Å². The normalized spacial score (nSPS) is 15.7. The highest BCUT2D eigenvalue weighted by Gasteiger charge is 2.15. The van der Waals surface area contributed by atoms with Crippen LogP contribution in [0.2, 0.25) is 0 Å². The standard InChI is InChI=1S/C10H19N5/c1-3-14(2)6-7-15-10-4-5-11-8-9(10)12-13-15/h11H,3-8H2,1-2H3. The molecule has 0 radical (unpaired) electrons. The molecular weight excluding hydrogens is 190 g/mol. The number of rotatable bonds is 4. The van der Waals surface area contributed by atoms with Crippen molar-refractivity contribution in [3.8, 4) is 0 Å². The SMILES string of the molecule is CCN(C)CCn1nnc2c1CCNC2. The van der Waals surface area contributed by atoms with Crippen molar-refractivity contribution in [1.29, 1.82) is 0 Å². The van der Waals surface area contributed by atoms with Gasteiger partial charge in [-0.25, -0.2) is 4.68 Å². The maximum absolute atomic E-state index is 4.20. The minimum atomic E-state index is 0.874. The summed E-state index contributed by atoms with van der Waals surface area (Å²) in [4.78, 5) is 2.29. The van der Waals surface area contributed by atoms with Crippen LogP contribution >= 0.6 is 0 Å². The second kappa shape index (κ2) is 4.72. The van der Waals surface area contributed by atoms with E-state index in [1.807, 2.05) is 0 Å². The maximum Gasteiger partial charge on any atom is 0.0997 e. The second-order valence-corrected chi connectivity index (χ2v) is 4.03. The Morgan fingerprint density at radius 2 is 2.40 bits per heavy atom. The molecule has 0 spiro atoms. The first-order valence-electron chi connectivity index (χ1n) is 5.61. The molecule has 0 atom stereocenters. The molecule has 1 aromatic heterocycles. The number of aromatic nitrogens is 3. The van der Waals surface area contributed by atoms with Crippen molar-refractivity contribution in [3.63, 3.8) is 0 Å². The first kappa shape index (κ1) is 10.6. The van der Waals surface area contributed by atoms with Crippen LogP contribution in [-0.4, -0.2) is 46.6 Å². The van der Waals surface area contributed by atoms with Crippen molar-refractivity contribution < 1.29 is 0 Å². The van der Waals surface area contributed by atoms with Crippen LogP contribution in [0.25, 0.3) is 0 Å². The van der Waals surface area contributed by atoms with Gasteiger partial charge in [0.1, 0.15) is 0 Å². The fourth-order valence-electron chi connectivity index (χ4n) is 1.80. The van der Waals surface area contributed by atoms with E-state index in [-0.39, 0.29) is 0 Å². The molecular formula is C10H19N5. The quantitative estimate of drug-likeness (QED) is 0.750.